The zero-order valence-electron chi connectivity index (χ0n) is 5.03. The van der Waals surface area contributed by atoms with Crippen LogP contribution in [-0.4, -0.2) is 16.8 Å². The van der Waals surface area contributed by atoms with E-state index in [0.717, 1.165) is 0 Å². The van der Waals surface area contributed by atoms with Crippen molar-refractivity contribution in [1.29, 1.82) is 0 Å². The highest BCUT2D eigenvalue weighted by Gasteiger charge is 2.18. The van der Waals surface area contributed by atoms with E-state index in [1.807, 2.05) is 0 Å². The molecule has 0 spiro atoms. The standard InChI is InChI=1S/C6H4N2O2/c1-7-5-3-2-4(8-5)6(9)10/h3H,2H2,(H,9,10). The van der Waals surface area contributed by atoms with Crippen molar-refractivity contribution < 1.29 is 9.90 Å². The molecule has 0 bridgehead atoms. The molecule has 0 saturated carbocycles. The number of nitrogens with zero attached hydrogens (tertiary/aromatic N) is 2. The number of aliphatic imine (C=N–C) groups is 1. The minimum absolute atomic E-state index is 0.0472. The van der Waals surface area contributed by atoms with Crippen LogP contribution in [0.25, 0.3) is 4.85 Å². The van der Waals surface area contributed by atoms with Gasteiger partial charge in [0.1, 0.15) is 0 Å². The van der Waals surface area contributed by atoms with Crippen LogP contribution < -0.4 is 0 Å². The Kier molecular flexibility index (Phi) is 1.50. The molecule has 0 aliphatic carbocycles. The van der Waals surface area contributed by atoms with Crippen molar-refractivity contribution in [1.82, 2.24) is 0 Å². The molecule has 0 fully saturated rings. The van der Waals surface area contributed by atoms with Crippen LogP contribution in [-0.2, 0) is 4.79 Å². The lowest BCUT2D eigenvalue weighted by atomic mass is 10.3. The Morgan fingerprint density at radius 3 is 2.90 bits per heavy atom. The third kappa shape index (κ3) is 1.03. The van der Waals surface area contributed by atoms with Crippen LogP contribution in [0.1, 0.15) is 6.42 Å². The van der Waals surface area contributed by atoms with E-state index < -0.39 is 5.97 Å². The normalized spacial score (nSPS) is 15.5. The number of rotatable bonds is 1. The van der Waals surface area contributed by atoms with Crippen LogP contribution in [0.5, 0.6) is 0 Å². The van der Waals surface area contributed by atoms with E-state index >= 15 is 0 Å². The van der Waals surface area contributed by atoms with Gasteiger partial charge in [0.15, 0.2) is 0 Å². The molecule has 10 heavy (non-hydrogen) atoms. The van der Waals surface area contributed by atoms with Crippen LogP contribution >= 0.6 is 0 Å². The van der Waals surface area contributed by atoms with Gasteiger partial charge in [-0.1, -0.05) is 12.6 Å². The second-order valence-corrected chi connectivity index (χ2v) is 1.74. The smallest absolute Gasteiger partial charge is 0.374 e. The fourth-order valence-corrected chi connectivity index (χ4v) is 0.623. The first kappa shape index (κ1) is 6.49. The molecule has 1 aliphatic rings. The summed E-state index contributed by atoms with van der Waals surface area (Å²) in [5.41, 5.74) is 0.0472. The van der Waals surface area contributed by atoms with Crippen LogP contribution in [0.3, 0.4) is 0 Å². The van der Waals surface area contributed by atoms with Crippen molar-refractivity contribution in [3.05, 3.63) is 23.3 Å². The van der Waals surface area contributed by atoms with E-state index in [4.69, 9.17) is 11.7 Å². The third-order valence-corrected chi connectivity index (χ3v) is 1.09. The van der Waals surface area contributed by atoms with Crippen molar-refractivity contribution in [3.63, 3.8) is 0 Å². The van der Waals surface area contributed by atoms with Gasteiger partial charge in [-0.25, -0.2) is 4.79 Å². The Morgan fingerprint density at radius 1 is 1.90 bits per heavy atom. The molecule has 4 nitrogen and oxygen atoms in total. The summed E-state index contributed by atoms with van der Waals surface area (Å²) < 4.78 is 0. The van der Waals surface area contributed by atoms with E-state index in [-0.39, 0.29) is 18.0 Å². The molecule has 0 saturated heterocycles. The number of carboxylic acids is 1. The van der Waals surface area contributed by atoms with Crippen molar-refractivity contribution in [3.8, 4) is 0 Å². The number of aliphatic carboxylic acids is 1. The maximum atomic E-state index is 10.2. The van der Waals surface area contributed by atoms with Gasteiger partial charge in [-0.2, -0.15) is 0 Å². The first-order valence-corrected chi connectivity index (χ1v) is 2.62. The third-order valence-electron chi connectivity index (χ3n) is 1.09. The number of carboxylic acid groups (broad SMARTS) is 1. The lowest BCUT2D eigenvalue weighted by molar-refractivity contribution is -0.129. The van der Waals surface area contributed by atoms with Gasteiger partial charge >= 0.3 is 5.97 Å². The second kappa shape index (κ2) is 2.31. The van der Waals surface area contributed by atoms with E-state index in [1.54, 1.807) is 0 Å². The predicted molar refractivity (Wildman–Crippen MR) is 34.4 cm³/mol. The van der Waals surface area contributed by atoms with E-state index in [0.29, 0.717) is 0 Å². The van der Waals surface area contributed by atoms with Gasteiger partial charge in [-0.3, -0.25) is 0 Å². The highest BCUT2D eigenvalue weighted by molar-refractivity contribution is 6.36. The average molecular weight is 136 g/mol. The Hall–Kier alpha value is -1.63. The van der Waals surface area contributed by atoms with Gasteiger partial charge in [0.25, 0.3) is 5.82 Å². The molecule has 0 aromatic heterocycles. The minimum Gasteiger partial charge on any atom is -0.475 e. The molecule has 50 valence electrons. The average Bonchev–Trinajstić information content (AvgIpc) is 2.34. The largest absolute Gasteiger partial charge is 0.475 e. The fourth-order valence-electron chi connectivity index (χ4n) is 0.623. The molecule has 0 radical (unpaired) electrons. The van der Waals surface area contributed by atoms with Gasteiger partial charge in [0.2, 0.25) is 5.71 Å². The number of allylic oxidation sites excluding steroid dienone is 1. The Balaban J connectivity index is 2.78. The number of hydrogen-bond acceptors (Lipinski definition) is 2. The maximum Gasteiger partial charge on any atom is 0.374 e. The lowest BCUT2D eigenvalue weighted by Crippen LogP contribution is -2.08. The number of carbonyl (C=O) groups is 1. The van der Waals surface area contributed by atoms with Gasteiger partial charge < -0.3 is 9.95 Å². The molecule has 1 N–H and O–H groups in total. The van der Waals surface area contributed by atoms with Crippen molar-refractivity contribution >= 4 is 11.7 Å². The molecule has 4 heteroatoms. The summed E-state index contributed by atoms with van der Waals surface area (Å²) in [6.45, 7) is 6.49. The topological polar surface area (TPSA) is 54.0 Å². The molecule has 0 atom stereocenters. The summed E-state index contributed by atoms with van der Waals surface area (Å²) in [4.78, 5) is 16.7. The van der Waals surface area contributed by atoms with Crippen molar-refractivity contribution in [2.45, 2.75) is 6.42 Å². The second-order valence-electron chi connectivity index (χ2n) is 1.74. The van der Waals surface area contributed by atoms with E-state index in [2.05, 4.69) is 9.84 Å². The van der Waals surface area contributed by atoms with E-state index in [1.165, 1.54) is 6.08 Å². The Morgan fingerprint density at radius 2 is 2.60 bits per heavy atom. The summed E-state index contributed by atoms with van der Waals surface area (Å²) >= 11 is 0. The van der Waals surface area contributed by atoms with Crippen LogP contribution in [0.4, 0.5) is 0 Å². The summed E-state index contributed by atoms with van der Waals surface area (Å²) in [6.07, 6.45) is 1.77. The monoisotopic (exact) mass is 136 g/mol. The summed E-state index contributed by atoms with van der Waals surface area (Å²) in [5.74, 6) is -0.868. The van der Waals surface area contributed by atoms with Crippen LogP contribution in [0, 0.1) is 6.57 Å². The van der Waals surface area contributed by atoms with Crippen molar-refractivity contribution in [2.24, 2.45) is 4.99 Å². The number of hydrogen-bond donors (Lipinski definition) is 1. The van der Waals surface area contributed by atoms with Crippen LogP contribution in [0.15, 0.2) is 16.9 Å². The van der Waals surface area contributed by atoms with Gasteiger partial charge in [-0.05, 0) is 0 Å². The van der Waals surface area contributed by atoms with Gasteiger partial charge in [-0.15, -0.1) is 4.99 Å². The van der Waals surface area contributed by atoms with Gasteiger partial charge in [0, 0.05) is 6.42 Å². The van der Waals surface area contributed by atoms with Crippen LogP contribution in [0.2, 0.25) is 0 Å². The zero-order valence-corrected chi connectivity index (χ0v) is 5.03. The molecular weight excluding hydrogens is 132 g/mol. The fraction of sp³-hybridized carbons (Fsp3) is 0.167. The molecule has 1 heterocycles. The van der Waals surface area contributed by atoms with Crippen molar-refractivity contribution in [2.75, 3.05) is 0 Å². The highest BCUT2D eigenvalue weighted by Crippen LogP contribution is 2.10. The first-order chi connectivity index (χ1) is 4.74. The SMILES string of the molecule is [C-]#[N+]C1=CCC(C(=O)O)=N1. The summed E-state index contributed by atoms with van der Waals surface area (Å²) in [6, 6.07) is 0. The Labute approximate surface area is 57.3 Å². The maximum absolute atomic E-state index is 10.2. The quantitative estimate of drug-likeness (QED) is 0.539. The molecule has 0 aromatic carbocycles. The Bertz CT molecular complexity index is 270. The van der Waals surface area contributed by atoms with Gasteiger partial charge in [0.05, 0.1) is 0 Å². The molecule has 1 rings (SSSR count). The highest BCUT2D eigenvalue weighted by atomic mass is 16.4. The summed E-state index contributed by atoms with van der Waals surface area (Å²) in [7, 11) is 0. The molecule has 1 aliphatic heterocycles. The molecular formula is C6H4N2O2. The molecule has 0 amide bonds. The summed E-state index contributed by atoms with van der Waals surface area (Å²) in [5, 5.41) is 8.36. The first-order valence-electron chi connectivity index (χ1n) is 2.62. The molecule has 0 aromatic rings. The van der Waals surface area contributed by atoms with E-state index in [9.17, 15) is 4.79 Å². The minimum atomic E-state index is -1.05. The molecule has 0 unspecified atom stereocenters. The zero-order chi connectivity index (χ0) is 7.56. The lowest BCUT2D eigenvalue weighted by Gasteiger charge is -1.81. The predicted octanol–water partition coefficient (Wildman–Crippen LogP) is 0.676.